The van der Waals surface area contributed by atoms with Gasteiger partial charge in [-0.05, 0) is 50.5 Å². The summed E-state index contributed by atoms with van der Waals surface area (Å²) in [6, 6.07) is 16.9. The molecule has 2 saturated heterocycles. The molecule has 0 saturated carbocycles. The lowest BCUT2D eigenvalue weighted by molar-refractivity contribution is -0.137. The van der Waals surface area contributed by atoms with E-state index in [2.05, 4.69) is 15.5 Å². The van der Waals surface area contributed by atoms with Gasteiger partial charge >= 0.3 is 6.03 Å². The minimum atomic E-state index is -0.787. The molecule has 2 aromatic carbocycles. The Balaban J connectivity index is 1.48. The molecular weight excluding hydrogens is 458 g/mol. The van der Waals surface area contributed by atoms with Gasteiger partial charge < -0.3 is 30.1 Å². The maximum Gasteiger partial charge on any atom is 0.321 e. The smallest absolute Gasteiger partial charge is 0.321 e. The molecule has 1 spiro atoms. The van der Waals surface area contributed by atoms with Gasteiger partial charge in [-0.3, -0.25) is 9.59 Å². The zero-order chi connectivity index (χ0) is 25.7. The van der Waals surface area contributed by atoms with Crippen molar-refractivity contribution in [3.8, 4) is 5.75 Å². The van der Waals surface area contributed by atoms with Gasteiger partial charge in [-0.15, -0.1) is 0 Å². The summed E-state index contributed by atoms with van der Waals surface area (Å²) in [6.07, 6.45) is 1.79. The molecule has 4 amide bonds. The van der Waals surface area contributed by atoms with Crippen molar-refractivity contribution in [2.75, 3.05) is 43.6 Å². The van der Waals surface area contributed by atoms with Crippen molar-refractivity contribution in [3.63, 3.8) is 0 Å². The molecule has 2 aliphatic heterocycles. The number of urea groups is 1. The molecule has 0 bridgehead atoms. The molecule has 0 aromatic heterocycles. The number of nitrogens with zero attached hydrogens (tertiary/aromatic N) is 3. The number of nitrogens with one attached hydrogen (secondary N) is 2. The van der Waals surface area contributed by atoms with Crippen molar-refractivity contribution in [1.29, 1.82) is 0 Å². The number of carbonyl (C=O) groups is 3. The fraction of sp³-hybridized carbons (Fsp3) is 0.444. The number of hydrogen-bond acceptors (Lipinski definition) is 5. The predicted octanol–water partition coefficient (Wildman–Crippen LogP) is 3.28. The number of amides is 4. The van der Waals surface area contributed by atoms with Gasteiger partial charge in [0.05, 0.1) is 13.8 Å². The van der Waals surface area contributed by atoms with Crippen LogP contribution in [0.1, 0.15) is 33.1 Å². The molecule has 9 heteroatoms. The van der Waals surface area contributed by atoms with Gasteiger partial charge in [0.1, 0.15) is 17.8 Å². The maximum atomic E-state index is 13.8. The summed E-state index contributed by atoms with van der Waals surface area (Å²) in [5, 5.41) is 5.88. The van der Waals surface area contributed by atoms with Crippen LogP contribution in [0.25, 0.3) is 0 Å². The molecule has 0 unspecified atom stereocenters. The first-order valence-corrected chi connectivity index (χ1v) is 12.5. The minimum Gasteiger partial charge on any atom is -0.497 e. The van der Waals surface area contributed by atoms with E-state index in [0.717, 1.165) is 12.1 Å². The van der Waals surface area contributed by atoms with Crippen LogP contribution in [0.15, 0.2) is 54.6 Å². The third kappa shape index (κ3) is 5.24. The van der Waals surface area contributed by atoms with Crippen LogP contribution in [0.4, 0.5) is 16.2 Å². The SMILES string of the molecule is CC[C@@H](C)NC(=O)CN1CN(c2ccccc2)C2(CCN(C(=O)Nc3cccc(OC)c3)CC2)C1=O. The number of rotatable bonds is 7. The van der Waals surface area contributed by atoms with Crippen molar-refractivity contribution >= 4 is 29.2 Å². The molecular formula is C27H35N5O4. The zero-order valence-corrected chi connectivity index (χ0v) is 21.2. The van der Waals surface area contributed by atoms with Crippen LogP contribution in [-0.4, -0.2) is 72.6 Å². The van der Waals surface area contributed by atoms with Gasteiger partial charge in [-0.2, -0.15) is 0 Å². The number of piperidine rings is 1. The molecule has 2 heterocycles. The first kappa shape index (κ1) is 25.3. The Morgan fingerprint density at radius 1 is 1.08 bits per heavy atom. The highest BCUT2D eigenvalue weighted by atomic mass is 16.5. The lowest BCUT2D eigenvalue weighted by Gasteiger charge is -2.43. The number of anilines is 2. The van der Waals surface area contributed by atoms with Gasteiger partial charge in [-0.1, -0.05) is 31.2 Å². The molecule has 2 N–H and O–H groups in total. The van der Waals surface area contributed by atoms with E-state index >= 15 is 0 Å². The Morgan fingerprint density at radius 3 is 2.47 bits per heavy atom. The van der Waals surface area contributed by atoms with E-state index in [1.165, 1.54) is 0 Å². The number of likely N-dealkylation sites (tertiary alicyclic amines) is 1. The van der Waals surface area contributed by atoms with Crippen molar-refractivity contribution in [2.45, 2.75) is 44.7 Å². The van der Waals surface area contributed by atoms with Crippen LogP contribution >= 0.6 is 0 Å². The topological polar surface area (TPSA) is 94.2 Å². The number of benzene rings is 2. The minimum absolute atomic E-state index is 0.0221. The number of methoxy groups -OCH3 is 1. The Labute approximate surface area is 212 Å². The molecule has 0 radical (unpaired) electrons. The van der Waals surface area contributed by atoms with E-state index in [1.807, 2.05) is 62.4 Å². The highest BCUT2D eigenvalue weighted by Gasteiger charge is 2.54. The van der Waals surface area contributed by atoms with Crippen molar-refractivity contribution in [3.05, 3.63) is 54.6 Å². The van der Waals surface area contributed by atoms with E-state index < -0.39 is 5.54 Å². The number of ether oxygens (including phenoxy) is 1. The van der Waals surface area contributed by atoms with E-state index in [4.69, 9.17) is 4.74 Å². The normalized spacial score (nSPS) is 17.8. The lowest BCUT2D eigenvalue weighted by Crippen LogP contribution is -2.58. The summed E-state index contributed by atoms with van der Waals surface area (Å²) in [5.41, 5.74) is 0.802. The zero-order valence-electron chi connectivity index (χ0n) is 21.2. The Kier molecular flexibility index (Phi) is 7.67. The largest absolute Gasteiger partial charge is 0.497 e. The molecule has 9 nitrogen and oxygen atoms in total. The summed E-state index contributed by atoms with van der Waals surface area (Å²) in [5.74, 6) is 0.453. The van der Waals surface area contributed by atoms with E-state index in [0.29, 0.717) is 44.0 Å². The van der Waals surface area contributed by atoms with E-state index in [1.54, 1.807) is 23.0 Å². The molecule has 36 heavy (non-hydrogen) atoms. The average molecular weight is 494 g/mol. The second-order valence-electron chi connectivity index (χ2n) is 9.47. The second-order valence-corrected chi connectivity index (χ2v) is 9.47. The second kappa shape index (κ2) is 10.9. The van der Waals surface area contributed by atoms with Crippen molar-refractivity contribution < 1.29 is 19.1 Å². The Morgan fingerprint density at radius 2 is 1.81 bits per heavy atom. The third-order valence-electron chi connectivity index (χ3n) is 7.14. The van der Waals surface area contributed by atoms with Crippen molar-refractivity contribution in [2.24, 2.45) is 0 Å². The summed E-state index contributed by atoms with van der Waals surface area (Å²) in [6.45, 7) is 5.18. The van der Waals surface area contributed by atoms with Crippen LogP contribution < -0.4 is 20.3 Å². The summed E-state index contributed by atoms with van der Waals surface area (Å²) in [7, 11) is 1.58. The highest BCUT2D eigenvalue weighted by molar-refractivity contribution is 5.97. The number of para-hydroxylation sites is 1. The molecule has 4 rings (SSSR count). The molecule has 192 valence electrons. The predicted molar refractivity (Wildman–Crippen MR) is 139 cm³/mol. The quantitative estimate of drug-likeness (QED) is 0.617. The van der Waals surface area contributed by atoms with Crippen molar-refractivity contribution in [1.82, 2.24) is 15.1 Å². The van der Waals surface area contributed by atoms with Crippen LogP contribution in [0.2, 0.25) is 0 Å². The van der Waals surface area contributed by atoms with Gasteiger partial charge in [-0.25, -0.2) is 4.79 Å². The maximum absolute atomic E-state index is 13.8. The molecule has 0 aliphatic carbocycles. The Bertz CT molecular complexity index is 1080. The van der Waals surface area contributed by atoms with Crippen LogP contribution in [0.3, 0.4) is 0 Å². The number of hydrogen-bond donors (Lipinski definition) is 2. The fourth-order valence-electron chi connectivity index (χ4n) is 4.90. The lowest BCUT2D eigenvalue weighted by atomic mass is 9.85. The first-order valence-electron chi connectivity index (χ1n) is 12.5. The molecule has 2 aliphatic rings. The third-order valence-corrected chi connectivity index (χ3v) is 7.14. The average Bonchev–Trinajstić information content (AvgIpc) is 3.15. The van der Waals surface area contributed by atoms with Gasteiger partial charge in [0, 0.05) is 36.6 Å². The van der Waals surface area contributed by atoms with Crippen LogP contribution in [0.5, 0.6) is 5.75 Å². The number of carbonyl (C=O) groups excluding carboxylic acids is 3. The highest BCUT2D eigenvalue weighted by Crippen LogP contribution is 2.39. The summed E-state index contributed by atoms with van der Waals surface area (Å²) in [4.78, 5) is 44.8. The standard InChI is InChI=1S/C27H35N5O4/c1-4-20(2)28-24(33)18-31-19-32(22-10-6-5-7-11-22)27(25(31)34)13-15-30(16-14-27)26(35)29-21-9-8-12-23(17-21)36-3/h5-12,17,20H,4,13-16,18-19H2,1-3H3,(H,28,33)(H,29,35)/t20-/m1/s1. The van der Waals surface area contributed by atoms with Crippen LogP contribution in [0, 0.1) is 0 Å². The molecule has 2 fully saturated rings. The monoisotopic (exact) mass is 493 g/mol. The van der Waals surface area contributed by atoms with E-state index in [9.17, 15) is 14.4 Å². The Hall–Kier alpha value is -3.75. The fourth-order valence-corrected chi connectivity index (χ4v) is 4.90. The first-order chi connectivity index (χ1) is 17.4. The molecule has 1 atom stereocenters. The van der Waals surface area contributed by atoms with E-state index in [-0.39, 0.29) is 30.4 Å². The summed E-state index contributed by atoms with van der Waals surface area (Å²) >= 11 is 0. The molecule has 2 aromatic rings. The van der Waals surface area contributed by atoms with Gasteiger partial charge in [0.15, 0.2) is 0 Å². The van der Waals surface area contributed by atoms with Gasteiger partial charge in [0.25, 0.3) is 5.91 Å². The van der Waals surface area contributed by atoms with Crippen LogP contribution in [-0.2, 0) is 9.59 Å². The summed E-state index contributed by atoms with van der Waals surface area (Å²) < 4.78 is 5.23. The van der Waals surface area contributed by atoms with Gasteiger partial charge in [0.2, 0.25) is 5.91 Å².